The van der Waals surface area contributed by atoms with Crippen LogP contribution in [0.5, 0.6) is 0 Å². The third-order valence-electron chi connectivity index (χ3n) is 8.97. The van der Waals surface area contributed by atoms with E-state index >= 15 is 0 Å². The van der Waals surface area contributed by atoms with Gasteiger partial charge in [-0.2, -0.15) is 39.4 Å². The number of hydrogen-bond donors (Lipinski definition) is 6. The van der Waals surface area contributed by atoms with Crippen molar-refractivity contribution >= 4 is 257 Å². The summed E-state index contributed by atoms with van der Waals surface area (Å²) in [6, 6.07) is 0. The molecule has 9 aromatic heterocycles. The Labute approximate surface area is 681 Å². The molecule has 9 heterocycles. The number of amides is 9. The lowest BCUT2D eigenvalue weighted by Gasteiger charge is -2.05. The summed E-state index contributed by atoms with van der Waals surface area (Å²) >= 11 is 20.9. The Balaban J connectivity index is 0.000000591. The van der Waals surface area contributed by atoms with E-state index in [0.29, 0.717) is 59.5 Å². The van der Waals surface area contributed by atoms with Gasteiger partial charge in [0.1, 0.15) is 45.1 Å². The van der Waals surface area contributed by atoms with Crippen molar-refractivity contribution in [3.05, 3.63) is 45.1 Å². The van der Waals surface area contributed by atoms with Gasteiger partial charge in [-0.15, -0.1) is 0 Å². The lowest BCUT2D eigenvalue weighted by molar-refractivity contribution is 0.240. The summed E-state index contributed by atoms with van der Waals surface area (Å²) in [7, 11) is 16.5. The molecular formula is C51H75N27O9S18. The first kappa shape index (κ1) is 97.4. The number of carbonyl (C=O) groups excluding carboxylic acids is 9. The molecule has 0 aliphatic rings. The van der Waals surface area contributed by atoms with Crippen molar-refractivity contribution in [3.8, 4) is 0 Å². The second kappa shape index (κ2) is 55.8. The van der Waals surface area contributed by atoms with Crippen molar-refractivity contribution < 1.29 is 43.2 Å². The van der Waals surface area contributed by atoms with Gasteiger partial charge < -0.3 is 46.6 Å². The third kappa shape index (κ3) is 47.8. The molecule has 0 saturated heterocycles. The Morgan fingerprint density at radius 3 is 0.571 bits per heavy atom. The summed E-state index contributed by atoms with van der Waals surface area (Å²) in [6.45, 7) is 21.9. The van der Waals surface area contributed by atoms with Crippen LogP contribution >= 0.6 is 210 Å². The van der Waals surface area contributed by atoms with Crippen LogP contribution in [0, 0.1) is 62.3 Å². The van der Waals surface area contributed by atoms with E-state index in [9.17, 15) is 43.2 Å². The fraction of sp³-hybridized carbons (Fsp3) is 0.471. The lowest BCUT2D eigenvalue weighted by atomic mass is 10.5. The van der Waals surface area contributed by atoms with Gasteiger partial charge in [-0.25, -0.2) is 44.9 Å². The molecule has 0 aliphatic heterocycles. The first-order valence-electron chi connectivity index (χ1n) is 29.0. The van der Waals surface area contributed by atoms with Gasteiger partial charge in [-0.05, 0) is 179 Å². The number of thioether (sulfide) groups is 9. The molecule has 0 bridgehead atoms. The summed E-state index contributed by atoms with van der Waals surface area (Å²) in [5, 5.41) is 27.0. The Bertz CT molecular complexity index is 3700. The van der Waals surface area contributed by atoms with E-state index in [0.717, 1.165) is 157 Å². The smallest absolute Gasteiger partial charge is 0.288 e. The molecule has 0 saturated carbocycles. The quantitative estimate of drug-likeness (QED) is 0.0619. The molecule has 0 atom stereocenters. The van der Waals surface area contributed by atoms with Gasteiger partial charge >= 0.3 is 0 Å². The van der Waals surface area contributed by atoms with Crippen LogP contribution in [-0.4, -0.2) is 230 Å². The van der Waals surface area contributed by atoms with Gasteiger partial charge in [0.15, 0.2) is 0 Å². The van der Waals surface area contributed by atoms with E-state index in [2.05, 4.69) is 116 Å². The van der Waals surface area contributed by atoms with Gasteiger partial charge in [0, 0.05) is 189 Å². The maximum Gasteiger partial charge on any atom is 0.288 e. The molecule has 36 nitrogen and oxygen atoms in total. The molecule has 9 amide bonds. The first-order valence-corrected chi connectivity index (χ1v) is 43.3. The molecule has 0 aromatic carbocycles. The van der Waals surface area contributed by atoms with Crippen molar-refractivity contribution in [2.24, 2.45) is 0 Å². The molecule has 0 unspecified atom stereocenters. The highest BCUT2D eigenvalue weighted by atomic mass is 32.2. The highest BCUT2D eigenvalue weighted by molar-refractivity contribution is 8.15. The highest BCUT2D eigenvalue weighted by Gasteiger charge is 2.15. The van der Waals surface area contributed by atoms with Crippen molar-refractivity contribution in [3.63, 3.8) is 0 Å². The third-order valence-corrected chi connectivity index (χ3v) is 22.7. The SMILES string of the molecule is CCCNC(=O)Sc1nsc(C)n1.CCNC(=O)Sc1nsc(C)n1.CNC(=O)Sc1nsc(C)n1.CNC(=O)Sc1nsc(C)n1.CNC(=O)Sc1nsc(C)n1.CNC(=O)Sc1nsc(C)n1.Cc1nc(SC(=O)N(C)C)ns1.Cc1nc(SC(=O)N(C)C)ns1.Cc1nc(SC(=O)N(C)C)ns1. The van der Waals surface area contributed by atoms with E-state index in [4.69, 9.17) is 0 Å². The summed E-state index contributed by atoms with van der Waals surface area (Å²) in [5.41, 5.74) is 0. The van der Waals surface area contributed by atoms with Gasteiger partial charge in [-0.3, -0.25) is 43.2 Å². The van der Waals surface area contributed by atoms with E-state index in [1.165, 1.54) is 118 Å². The van der Waals surface area contributed by atoms with Crippen LogP contribution in [0.15, 0.2) is 46.4 Å². The summed E-state index contributed by atoms with van der Waals surface area (Å²) in [6.07, 6.45) is 0.940. The van der Waals surface area contributed by atoms with Gasteiger partial charge in [-0.1, -0.05) is 6.92 Å². The largest absolute Gasteiger partial charge is 0.350 e. The second-order valence-electron chi connectivity index (χ2n) is 18.4. The average molecular weight is 1790 g/mol. The van der Waals surface area contributed by atoms with Crippen LogP contribution in [-0.2, 0) is 0 Å². The predicted molar refractivity (Wildman–Crippen MR) is 432 cm³/mol. The summed E-state index contributed by atoms with van der Waals surface area (Å²) in [5.74, 6) is 0. The van der Waals surface area contributed by atoms with Gasteiger partial charge in [0.25, 0.3) is 47.2 Å². The monoisotopic (exact) mass is 1790 g/mol. The standard InChI is InChI=1S/C7H11N3OS2.4C6H9N3OS2.4C5H7N3OS2/c1-3-4-8-7(11)12-6-9-5(2)13-10-6;3*1-4-7-5(8-12-4)11-6(10)9(2)3;1-3-7-6(10)11-5-8-4(2)12-9-5;4*1-3-7-4(8-11-3)10-5(9)6-2/h3-4H2,1-2H3,(H,8,11);3*1-3H3;3H2,1-2H3,(H,7,10);4*1-2H3,(H,6,9). The van der Waals surface area contributed by atoms with E-state index in [1.807, 2.05) is 76.2 Å². The molecule has 0 spiro atoms. The van der Waals surface area contributed by atoms with Crippen molar-refractivity contribution in [1.82, 2.24) is 131 Å². The molecule has 6 N–H and O–H groups in total. The zero-order valence-electron chi connectivity index (χ0n) is 60.0. The minimum atomic E-state index is -0.136. The molecule has 0 radical (unpaired) electrons. The molecule has 576 valence electrons. The number of aromatic nitrogens is 18. The van der Waals surface area contributed by atoms with Crippen LogP contribution in [0.3, 0.4) is 0 Å². The van der Waals surface area contributed by atoms with Crippen molar-refractivity contribution in [1.29, 1.82) is 0 Å². The molecule has 0 fully saturated rings. The number of carbonyl (C=O) groups is 9. The molecule has 105 heavy (non-hydrogen) atoms. The van der Waals surface area contributed by atoms with E-state index < -0.39 is 0 Å². The van der Waals surface area contributed by atoms with Crippen LogP contribution in [0.25, 0.3) is 0 Å². The fourth-order valence-electron chi connectivity index (χ4n) is 4.55. The number of rotatable bonds is 12. The Morgan fingerprint density at radius 2 is 0.438 bits per heavy atom. The van der Waals surface area contributed by atoms with Crippen LogP contribution < -0.4 is 31.9 Å². The fourth-order valence-corrected chi connectivity index (χ4v) is 15.3. The zero-order chi connectivity index (χ0) is 79.1. The number of nitrogens with one attached hydrogen (secondary N) is 6. The van der Waals surface area contributed by atoms with Crippen molar-refractivity contribution in [2.75, 3.05) is 83.6 Å². The maximum atomic E-state index is 11.2. The first-order chi connectivity index (χ1) is 49.6. The van der Waals surface area contributed by atoms with E-state index in [-0.39, 0.29) is 47.2 Å². The summed E-state index contributed by atoms with van der Waals surface area (Å²) < 4.78 is 35.7. The molecule has 9 aromatic rings. The number of nitrogens with zero attached hydrogens (tertiary/aromatic N) is 21. The minimum absolute atomic E-state index is 0.0483. The zero-order valence-corrected chi connectivity index (χ0v) is 74.7. The van der Waals surface area contributed by atoms with Crippen LogP contribution in [0.4, 0.5) is 43.2 Å². The normalized spacial score (nSPS) is 9.80. The van der Waals surface area contributed by atoms with E-state index in [1.54, 1.807) is 70.5 Å². The number of hydrogen-bond acceptors (Lipinski definition) is 45. The Kier molecular flexibility index (Phi) is 51.7. The molecule has 54 heteroatoms. The summed E-state index contributed by atoms with van der Waals surface area (Å²) in [4.78, 5) is 139. The Hall–Kier alpha value is -5.58. The lowest BCUT2D eigenvalue weighted by Crippen LogP contribution is -2.19. The van der Waals surface area contributed by atoms with Crippen LogP contribution in [0.2, 0.25) is 0 Å². The number of aryl methyl sites for hydroxylation is 9. The maximum absolute atomic E-state index is 11.2. The average Bonchev–Trinajstić information content (AvgIpc) is 1.78. The highest BCUT2D eigenvalue weighted by Crippen LogP contribution is 2.24. The topological polar surface area (TPSA) is 468 Å². The molecule has 9 rings (SSSR count). The molecule has 0 aliphatic carbocycles. The van der Waals surface area contributed by atoms with Gasteiger partial charge in [0.05, 0.1) is 0 Å². The second-order valence-corrected chi connectivity index (χ2v) is 35.4. The Morgan fingerprint density at radius 1 is 0.276 bits per heavy atom. The van der Waals surface area contributed by atoms with Crippen LogP contribution in [0.1, 0.15) is 65.3 Å². The predicted octanol–water partition coefficient (Wildman–Crippen LogP) is 13.7. The molecular weight excluding hydrogens is 1710 g/mol. The minimum Gasteiger partial charge on any atom is -0.350 e. The van der Waals surface area contributed by atoms with Crippen molar-refractivity contribution in [2.45, 2.75) is 129 Å². The van der Waals surface area contributed by atoms with Gasteiger partial charge in [0.2, 0.25) is 46.4 Å².